The van der Waals surface area contributed by atoms with Gasteiger partial charge in [-0.1, -0.05) is 11.6 Å². The summed E-state index contributed by atoms with van der Waals surface area (Å²) in [5.74, 6) is 0.674. The Balaban J connectivity index is 1.70. The zero-order valence-electron chi connectivity index (χ0n) is 18.5. The van der Waals surface area contributed by atoms with Gasteiger partial charge in [0.1, 0.15) is 31.5 Å². The molecule has 4 rings (SSSR count). The molecule has 31 heavy (non-hydrogen) atoms. The number of rotatable bonds is 7. The molecule has 164 valence electrons. The lowest BCUT2D eigenvalue weighted by atomic mass is 10.0. The van der Waals surface area contributed by atoms with E-state index >= 15 is 0 Å². The molecular weight excluding hydrogens is 392 g/mol. The molecule has 2 N–H and O–H groups in total. The van der Waals surface area contributed by atoms with E-state index in [0.717, 1.165) is 48.3 Å². The fourth-order valence-electron chi connectivity index (χ4n) is 4.47. The third-order valence-corrected chi connectivity index (χ3v) is 6.16. The number of aromatic nitrogens is 1. The van der Waals surface area contributed by atoms with Gasteiger partial charge in [0.25, 0.3) is 0 Å². The van der Waals surface area contributed by atoms with Crippen LogP contribution in [0.25, 0.3) is 10.9 Å². The molecule has 2 aromatic carbocycles. The van der Waals surface area contributed by atoms with Crippen LogP contribution in [0.1, 0.15) is 27.2 Å². The summed E-state index contributed by atoms with van der Waals surface area (Å²) in [4.78, 5) is 14.9. The lowest BCUT2D eigenvalue weighted by Crippen LogP contribution is -3.15. The van der Waals surface area contributed by atoms with Crippen molar-refractivity contribution < 1.29 is 24.3 Å². The number of carbonyl (C=O) groups is 1. The van der Waals surface area contributed by atoms with Crippen LogP contribution < -0.4 is 9.64 Å². The molecule has 3 aromatic rings. The Morgan fingerprint density at radius 3 is 2.55 bits per heavy atom. The molecule has 1 atom stereocenters. The average molecular weight is 424 g/mol. The molecule has 1 fully saturated rings. The van der Waals surface area contributed by atoms with Gasteiger partial charge in [0.15, 0.2) is 0 Å². The van der Waals surface area contributed by atoms with Crippen molar-refractivity contribution >= 4 is 16.7 Å². The third-order valence-electron chi connectivity index (χ3n) is 6.16. The topological polar surface area (TPSA) is 65.1 Å². The number of aliphatic hydroxyl groups excluding tert-OH is 1. The fourth-order valence-corrected chi connectivity index (χ4v) is 4.47. The van der Waals surface area contributed by atoms with Gasteiger partial charge < -0.3 is 24.0 Å². The van der Waals surface area contributed by atoms with Crippen molar-refractivity contribution in [2.45, 2.75) is 26.5 Å². The molecule has 0 aliphatic carbocycles. The molecule has 0 spiro atoms. The quantitative estimate of drug-likeness (QED) is 0.569. The lowest BCUT2D eigenvalue weighted by Gasteiger charge is -2.26. The van der Waals surface area contributed by atoms with Crippen LogP contribution >= 0.6 is 0 Å². The summed E-state index contributed by atoms with van der Waals surface area (Å²) in [5, 5.41) is 12.0. The molecule has 1 aromatic heterocycles. The van der Waals surface area contributed by atoms with Crippen LogP contribution in [-0.4, -0.2) is 61.5 Å². The number of nitrogens with zero attached hydrogens (tertiary/aromatic N) is 1. The van der Waals surface area contributed by atoms with Crippen molar-refractivity contribution in [3.63, 3.8) is 0 Å². The maximum absolute atomic E-state index is 13.5. The predicted molar refractivity (Wildman–Crippen MR) is 120 cm³/mol. The summed E-state index contributed by atoms with van der Waals surface area (Å²) in [6.45, 7) is 8.34. The highest BCUT2D eigenvalue weighted by Crippen LogP contribution is 2.29. The number of benzene rings is 2. The molecular formula is C25H31N2O4+. The van der Waals surface area contributed by atoms with Crippen molar-refractivity contribution in [2.24, 2.45) is 0 Å². The van der Waals surface area contributed by atoms with Crippen LogP contribution in [0, 0.1) is 13.8 Å². The van der Waals surface area contributed by atoms with Crippen LogP contribution in [-0.2, 0) is 11.3 Å². The van der Waals surface area contributed by atoms with E-state index in [1.54, 1.807) is 31.4 Å². The van der Waals surface area contributed by atoms with Gasteiger partial charge in [0.2, 0.25) is 5.78 Å². The van der Waals surface area contributed by atoms with E-state index in [-0.39, 0.29) is 5.78 Å². The van der Waals surface area contributed by atoms with Crippen LogP contribution in [0.5, 0.6) is 5.75 Å². The summed E-state index contributed by atoms with van der Waals surface area (Å²) in [6.07, 6.45) is -0.549. The van der Waals surface area contributed by atoms with Gasteiger partial charge in [-0.25, -0.2) is 0 Å². The Bertz CT molecular complexity index is 1070. The van der Waals surface area contributed by atoms with Crippen molar-refractivity contribution in [3.8, 4) is 5.75 Å². The van der Waals surface area contributed by atoms with Crippen molar-refractivity contribution in [3.05, 3.63) is 64.8 Å². The molecule has 6 heteroatoms. The second-order valence-corrected chi connectivity index (χ2v) is 8.38. The van der Waals surface area contributed by atoms with Gasteiger partial charge in [-0.15, -0.1) is 0 Å². The number of nitrogens with one attached hydrogen (secondary N) is 1. The van der Waals surface area contributed by atoms with Crippen molar-refractivity contribution in [2.75, 3.05) is 40.0 Å². The number of methoxy groups -OCH3 is 1. The van der Waals surface area contributed by atoms with Crippen LogP contribution in [0.3, 0.4) is 0 Å². The first-order valence-electron chi connectivity index (χ1n) is 10.9. The summed E-state index contributed by atoms with van der Waals surface area (Å²) in [5.41, 5.74) is 4.33. The molecule has 0 saturated carbocycles. The zero-order valence-corrected chi connectivity index (χ0v) is 18.5. The summed E-state index contributed by atoms with van der Waals surface area (Å²) < 4.78 is 12.7. The summed E-state index contributed by atoms with van der Waals surface area (Å²) in [6, 6.07) is 13.4. The molecule has 1 saturated heterocycles. The fraction of sp³-hybridized carbons (Fsp3) is 0.400. The standard InChI is InChI=1S/C25H30N2O4/c1-17-4-9-23-22(14-17)18(2)24(25(29)19-5-7-21(30-3)8-6-19)27(23)16-20(28)15-26-10-12-31-13-11-26/h4-9,14,20,28H,10-13,15-16H2,1-3H3/p+1/t20-/m0/s1. The average Bonchev–Trinajstić information content (AvgIpc) is 3.04. The Morgan fingerprint density at radius 2 is 1.87 bits per heavy atom. The number of carbonyl (C=O) groups excluding carboxylic acids is 1. The second-order valence-electron chi connectivity index (χ2n) is 8.38. The molecule has 0 radical (unpaired) electrons. The van der Waals surface area contributed by atoms with Crippen LogP contribution in [0.2, 0.25) is 0 Å². The first kappa shape index (κ1) is 21.6. The van der Waals surface area contributed by atoms with Gasteiger partial charge in [0, 0.05) is 16.5 Å². The highest BCUT2D eigenvalue weighted by molar-refractivity contribution is 6.12. The number of hydrogen-bond acceptors (Lipinski definition) is 4. The normalized spacial score (nSPS) is 15.9. The maximum atomic E-state index is 13.5. The van der Waals surface area contributed by atoms with E-state index < -0.39 is 6.10 Å². The van der Waals surface area contributed by atoms with Gasteiger partial charge in [0.05, 0.1) is 32.6 Å². The van der Waals surface area contributed by atoms with E-state index in [1.165, 1.54) is 4.90 Å². The van der Waals surface area contributed by atoms with Crippen molar-refractivity contribution in [1.82, 2.24) is 4.57 Å². The minimum absolute atomic E-state index is 0.0417. The maximum Gasteiger partial charge on any atom is 0.209 e. The van der Waals surface area contributed by atoms with E-state index in [4.69, 9.17) is 9.47 Å². The Morgan fingerprint density at radius 1 is 1.16 bits per heavy atom. The predicted octanol–water partition coefficient (Wildman–Crippen LogP) is 1.77. The number of ketones is 1. The minimum atomic E-state index is -0.549. The summed E-state index contributed by atoms with van der Waals surface area (Å²) >= 11 is 0. The smallest absolute Gasteiger partial charge is 0.209 e. The Hall–Kier alpha value is -2.67. The molecule has 0 amide bonds. The minimum Gasteiger partial charge on any atom is -0.497 e. The molecule has 1 aliphatic heterocycles. The number of quaternary nitrogens is 1. The number of ether oxygens (including phenoxy) is 2. The number of aryl methyl sites for hydroxylation is 2. The highest BCUT2D eigenvalue weighted by Gasteiger charge is 2.25. The van der Waals surface area contributed by atoms with Gasteiger partial charge in [-0.3, -0.25) is 4.79 Å². The van der Waals surface area contributed by atoms with E-state index in [1.807, 2.05) is 11.5 Å². The number of fused-ring (bicyclic) bond motifs is 1. The zero-order chi connectivity index (χ0) is 22.0. The molecule has 1 aliphatic rings. The van der Waals surface area contributed by atoms with E-state index in [2.05, 4.69) is 25.1 Å². The number of hydrogen-bond donors (Lipinski definition) is 2. The van der Waals surface area contributed by atoms with E-state index in [0.29, 0.717) is 30.1 Å². The monoisotopic (exact) mass is 423 g/mol. The lowest BCUT2D eigenvalue weighted by molar-refractivity contribution is -0.911. The SMILES string of the molecule is COc1ccc(C(=O)c2c(C)c3cc(C)ccc3n2C[C@@H](O)C[NH+]2CCOCC2)cc1. The number of aliphatic hydroxyl groups is 1. The second kappa shape index (κ2) is 9.22. The van der Waals surface area contributed by atoms with Crippen LogP contribution in [0.15, 0.2) is 42.5 Å². The van der Waals surface area contributed by atoms with Gasteiger partial charge in [-0.05, 0) is 55.8 Å². The highest BCUT2D eigenvalue weighted by atomic mass is 16.5. The first-order valence-corrected chi connectivity index (χ1v) is 10.9. The molecule has 0 unspecified atom stereocenters. The largest absolute Gasteiger partial charge is 0.497 e. The molecule has 2 heterocycles. The van der Waals surface area contributed by atoms with Crippen LogP contribution in [0.4, 0.5) is 0 Å². The van der Waals surface area contributed by atoms with E-state index in [9.17, 15) is 9.90 Å². The van der Waals surface area contributed by atoms with Gasteiger partial charge in [-0.2, -0.15) is 0 Å². The number of morpholine rings is 1. The Labute approximate surface area is 183 Å². The molecule has 6 nitrogen and oxygen atoms in total. The Kier molecular flexibility index (Phi) is 6.41. The molecule has 0 bridgehead atoms. The summed E-state index contributed by atoms with van der Waals surface area (Å²) in [7, 11) is 1.61. The first-order chi connectivity index (χ1) is 15.0. The third kappa shape index (κ3) is 4.51. The van der Waals surface area contributed by atoms with Crippen molar-refractivity contribution in [1.29, 1.82) is 0 Å². The van der Waals surface area contributed by atoms with Gasteiger partial charge >= 0.3 is 0 Å².